The normalized spacial score (nSPS) is 14.6. The summed E-state index contributed by atoms with van der Waals surface area (Å²) in [7, 11) is -4.12. The Morgan fingerprint density at radius 3 is 2.44 bits per heavy atom. The Labute approximate surface area is 199 Å². The smallest absolute Gasteiger partial charge is 0.340 e. The fraction of sp³-hybridized carbons (Fsp3) is 0.333. The summed E-state index contributed by atoms with van der Waals surface area (Å²) in [4.78, 5) is 15.8. The molecule has 1 aliphatic rings. The average Bonchev–Trinajstić information content (AvgIpc) is 2.67. The van der Waals surface area contributed by atoms with E-state index in [0.29, 0.717) is 12.5 Å². The number of amides is 1. The van der Waals surface area contributed by atoms with Crippen molar-refractivity contribution in [1.29, 1.82) is 0 Å². The SMILES string of the molecule is O=C(NS(=O)(=O)N1CCC1)c1cc(Cl)c(Oc2cnc(OCC(F)(F)C(F)F)c(Cl)c2)cc1F. The lowest BCUT2D eigenvalue weighted by molar-refractivity contribution is -0.148. The van der Waals surface area contributed by atoms with Crippen molar-refractivity contribution in [2.75, 3.05) is 19.7 Å². The molecule has 0 aliphatic carbocycles. The number of hydrogen-bond donors (Lipinski definition) is 1. The van der Waals surface area contributed by atoms with Crippen molar-refractivity contribution < 1.29 is 44.6 Å². The van der Waals surface area contributed by atoms with E-state index in [0.717, 1.165) is 22.6 Å². The number of nitrogens with zero attached hydrogens (tertiary/aromatic N) is 2. The lowest BCUT2D eigenvalue weighted by atomic mass is 10.2. The van der Waals surface area contributed by atoms with Gasteiger partial charge >= 0.3 is 22.6 Å². The number of rotatable bonds is 9. The topological polar surface area (TPSA) is 97.8 Å². The molecule has 34 heavy (non-hydrogen) atoms. The Kier molecular flexibility index (Phi) is 7.75. The standard InChI is InChI=1S/C18H14Cl2F5N3O5S/c19-11-5-10(15(29)27-34(30,31)28-2-1-3-28)13(21)6-14(11)33-9-4-12(20)16(26-7-9)32-8-18(24,25)17(22)23/h4-7,17H,1-3,8H2,(H,27,29). The highest BCUT2D eigenvalue weighted by Gasteiger charge is 2.42. The summed E-state index contributed by atoms with van der Waals surface area (Å²) in [5.74, 6) is -7.90. The summed E-state index contributed by atoms with van der Waals surface area (Å²) in [5, 5.41) is -0.674. The maximum atomic E-state index is 14.5. The predicted molar refractivity (Wildman–Crippen MR) is 110 cm³/mol. The zero-order valence-electron chi connectivity index (χ0n) is 16.7. The first-order valence-electron chi connectivity index (χ1n) is 9.23. The third-order valence-electron chi connectivity index (χ3n) is 4.37. The third-order valence-corrected chi connectivity index (χ3v) is 6.43. The zero-order valence-corrected chi connectivity index (χ0v) is 19.0. The van der Waals surface area contributed by atoms with Crippen LogP contribution in [0.1, 0.15) is 16.8 Å². The van der Waals surface area contributed by atoms with E-state index in [1.165, 1.54) is 0 Å². The summed E-state index contributed by atoms with van der Waals surface area (Å²) < 4.78 is 101. The minimum atomic E-state index is -4.42. The predicted octanol–water partition coefficient (Wildman–Crippen LogP) is 4.28. The quantitative estimate of drug-likeness (QED) is 0.469. The van der Waals surface area contributed by atoms with Gasteiger partial charge in [-0.15, -0.1) is 0 Å². The van der Waals surface area contributed by atoms with Gasteiger partial charge in [0, 0.05) is 25.2 Å². The molecule has 2 aromatic rings. The number of nitrogens with one attached hydrogen (secondary N) is 1. The van der Waals surface area contributed by atoms with E-state index in [2.05, 4.69) is 9.72 Å². The van der Waals surface area contributed by atoms with Gasteiger partial charge in [0.2, 0.25) is 5.88 Å². The van der Waals surface area contributed by atoms with Crippen LogP contribution in [0, 0.1) is 5.82 Å². The van der Waals surface area contributed by atoms with Crippen molar-refractivity contribution in [2.24, 2.45) is 0 Å². The number of aromatic nitrogens is 1. The molecule has 0 spiro atoms. The average molecular weight is 550 g/mol. The van der Waals surface area contributed by atoms with E-state index in [1.807, 2.05) is 0 Å². The molecule has 0 unspecified atom stereocenters. The Balaban J connectivity index is 1.72. The molecule has 1 amide bonds. The van der Waals surface area contributed by atoms with Crippen LogP contribution in [0.5, 0.6) is 17.4 Å². The Bertz CT molecular complexity index is 1200. The lowest BCUT2D eigenvalue weighted by Gasteiger charge is -2.29. The second-order valence-electron chi connectivity index (χ2n) is 6.86. The maximum absolute atomic E-state index is 14.5. The van der Waals surface area contributed by atoms with Crippen molar-refractivity contribution in [3.05, 3.63) is 45.8 Å². The van der Waals surface area contributed by atoms with Gasteiger partial charge in [-0.2, -0.15) is 21.5 Å². The highest BCUT2D eigenvalue weighted by atomic mass is 35.5. The monoisotopic (exact) mass is 549 g/mol. The van der Waals surface area contributed by atoms with Crippen LogP contribution < -0.4 is 14.2 Å². The van der Waals surface area contributed by atoms with Crippen LogP contribution in [0.2, 0.25) is 10.0 Å². The largest absolute Gasteiger partial charge is 0.470 e. The van der Waals surface area contributed by atoms with Gasteiger partial charge in [-0.25, -0.2) is 22.9 Å². The molecule has 2 heterocycles. The molecule has 16 heteroatoms. The van der Waals surface area contributed by atoms with Crippen LogP contribution in [-0.2, 0) is 10.2 Å². The van der Waals surface area contributed by atoms with Gasteiger partial charge in [-0.3, -0.25) is 4.79 Å². The first-order valence-corrected chi connectivity index (χ1v) is 11.4. The van der Waals surface area contributed by atoms with Crippen molar-refractivity contribution in [3.8, 4) is 17.4 Å². The summed E-state index contributed by atoms with van der Waals surface area (Å²) in [6, 6.07) is 2.56. The van der Waals surface area contributed by atoms with Gasteiger partial charge in [-0.1, -0.05) is 23.2 Å². The fourth-order valence-corrected chi connectivity index (χ4v) is 4.09. The highest BCUT2D eigenvalue weighted by molar-refractivity contribution is 7.87. The molecule has 1 N–H and O–H groups in total. The summed E-state index contributed by atoms with van der Waals surface area (Å²) in [6.07, 6.45) is -2.40. The van der Waals surface area contributed by atoms with E-state index in [4.69, 9.17) is 27.9 Å². The molecule has 1 saturated heterocycles. The molecule has 0 radical (unpaired) electrons. The number of carbonyl (C=O) groups excluding carboxylic acids is 1. The maximum Gasteiger partial charge on any atom is 0.340 e. The molecular weight excluding hydrogens is 536 g/mol. The Hall–Kier alpha value is -2.42. The molecule has 1 aromatic carbocycles. The number of halogens is 7. The molecule has 1 aliphatic heterocycles. The van der Waals surface area contributed by atoms with Gasteiger partial charge in [0.1, 0.15) is 22.3 Å². The number of ether oxygens (including phenoxy) is 2. The minimum absolute atomic E-state index is 0.170. The Morgan fingerprint density at radius 2 is 1.88 bits per heavy atom. The van der Waals surface area contributed by atoms with Crippen LogP contribution in [-0.4, -0.2) is 55.7 Å². The molecule has 0 saturated carbocycles. The summed E-state index contributed by atoms with van der Waals surface area (Å²) in [5.41, 5.74) is -0.665. The van der Waals surface area contributed by atoms with E-state index in [9.17, 15) is 35.2 Å². The van der Waals surface area contributed by atoms with Crippen molar-refractivity contribution in [1.82, 2.24) is 14.0 Å². The molecule has 186 valence electrons. The van der Waals surface area contributed by atoms with Crippen LogP contribution in [0.4, 0.5) is 22.0 Å². The lowest BCUT2D eigenvalue weighted by Crippen LogP contribution is -2.49. The second-order valence-corrected chi connectivity index (χ2v) is 9.35. The number of pyridine rings is 1. The van der Waals surface area contributed by atoms with Crippen molar-refractivity contribution in [3.63, 3.8) is 0 Å². The van der Waals surface area contributed by atoms with Crippen LogP contribution >= 0.6 is 23.2 Å². The van der Waals surface area contributed by atoms with Gasteiger partial charge in [-0.05, 0) is 12.5 Å². The Morgan fingerprint density at radius 1 is 1.21 bits per heavy atom. The molecule has 0 atom stereocenters. The first-order chi connectivity index (χ1) is 15.8. The van der Waals surface area contributed by atoms with Gasteiger partial charge in [0.25, 0.3) is 5.91 Å². The second kappa shape index (κ2) is 10.1. The van der Waals surface area contributed by atoms with Crippen LogP contribution in [0.15, 0.2) is 24.4 Å². The minimum Gasteiger partial charge on any atom is -0.470 e. The van der Waals surface area contributed by atoms with Gasteiger partial charge in [0.05, 0.1) is 16.8 Å². The van der Waals surface area contributed by atoms with Crippen molar-refractivity contribution in [2.45, 2.75) is 18.8 Å². The number of carbonyl (C=O) groups is 1. The number of alkyl halides is 4. The first kappa shape index (κ1) is 26.2. The van der Waals surface area contributed by atoms with E-state index >= 15 is 0 Å². The fourth-order valence-electron chi connectivity index (χ4n) is 2.47. The zero-order chi connectivity index (χ0) is 25.3. The third kappa shape index (κ3) is 5.98. The van der Waals surface area contributed by atoms with E-state index in [1.54, 1.807) is 4.72 Å². The van der Waals surface area contributed by atoms with Crippen molar-refractivity contribution >= 4 is 39.3 Å². The van der Waals surface area contributed by atoms with E-state index in [-0.39, 0.29) is 34.6 Å². The molecular formula is C18H14Cl2F5N3O5S. The number of hydrogen-bond acceptors (Lipinski definition) is 6. The molecule has 8 nitrogen and oxygen atoms in total. The van der Waals surface area contributed by atoms with Crippen LogP contribution in [0.3, 0.4) is 0 Å². The summed E-state index contributed by atoms with van der Waals surface area (Å²) >= 11 is 11.8. The molecule has 1 aromatic heterocycles. The summed E-state index contributed by atoms with van der Waals surface area (Å²) in [6.45, 7) is -1.22. The number of benzene rings is 1. The molecule has 0 bridgehead atoms. The molecule has 3 rings (SSSR count). The van der Waals surface area contributed by atoms with Gasteiger partial charge < -0.3 is 9.47 Å². The van der Waals surface area contributed by atoms with E-state index < -0.39 is 52.3 Å². The van der Waals surface area contributed by atoms with Gasteiger partial charge in [0.15, 0.2) is 6.61 Å². The molecule has 1 fully saturated rings. The highest BCUT2D eigenvalue weighted by Crippen LogP contribution is 2.35. The van der Waals surface area contributed by atoms with Crippen LogP contribution in [0.25, 0.3) is 0 Å².